The van der Waals surface area contributed by atoms with E-state index in [0.717, 1.165) is 109 Å². The van der Waals surface area contributed by atoms with Crippen molar-refractivity contribution in [1.82, 2.24) is 0 Å². The first-order valence-electron chi connectivity index (χ1n) is 23.4. The van der Waals surface area contributed by atoms with Crippen LogP contribution >= 0.6 is 0 Å². The van der Waals surface area contributed by atoms with Crippen molar-refractivity contribution in [2.75, 3.05) is 19.8 Å². The van der Waals surface area contributed by atoms with Crippen LogP contribution in [0, 0.1) is 11.8 Å². The van der Waals surface area contributed by atoms with Crippen LogP contribution in [-0.2, 0) is 47.6 Å². The fourth-order valence-corrected chi connectivity index (χ4v) is 6.74. The average molecular weight is 855 g/mol. The number of allylic oxidation sites excluding steroid dienone is 12. The van der Waals surface area contributed by atoms with E-state index >= 15 is 0 Å². The summed E-state index contributed by atoms with van der Waals surface area (Å²) in [4.78, 5) is 49.4. The normalized spacial score (nSPS) is 20.1. The Kier molecular flexibility index (Phi) is 34.4. The maximum absolute atomic E-state index is 13.0. The summed E-state index contributed by atoms with van der Waals surface area (Å²) in [5.41, 5.74) is 0. The maximum Gasteiger partial charge on any atom is 0.306 e. The van der Waals surface area contributed by atoms with Gasteiger partial charge in [-0.3, -0.25) is 19.2 Å². The van der Waals surface area contributed by atoms with Crippen molar-refractivity contribution < 1.29 is 47.6 Å². The van der Waals surface area contributed by atoms with Crippen molar-refractivity contribution in [1.29, 1.82) is 0 Å². The van der Waals surface area contributed by atoms with E-state index in [1.807, 2.05) is 13.8 Å². The molecule has 0 N–H and O–H groups in total. The second kappa shape index (κ2) is 38.0. The minimum absolute atomic E-state index is 0.0156. The van der Waals surface area contributed by atoms with Gasteiger partial charge in [0, 0.05) is 32.6 Å². The van der Waals surface area contributed by atoms with Gasteiger partial charge in [-0.2, -0.15) is 0 Å². The van der Waals surface area contributed by atoms with Crippen molar-refractivity contribution in [2.45, 2.75) is 195 Å². The van der Waals surface area contributed by atoms with Gasteiger partial charge in [-0.05, 0) is 83.0 Å². The molecule has 1 fully saturated rings. The van der Waals surface area contributed by atoms with Crippen LogP contribution in [0.1, 0.15) is 170 Å². The molecule has 1 heterocycles. The first-order chi connectivity index (χ1) is 29.6. The lowest BCUT2D eigenvalue weighted by atomic mass is 9.83. The molecule has 346 valence electrons. The van der Waals surface area contributed by atoms with Crippen molar-refractivity contribution >= 4 is 23.9 Å². The molecule has 1 aliphatic rings. The SMILES string of the molecule is CC/C=C\C/C=C\C/C=C\CCCCCCCC(=O)OC[C@H](COC1OC(COC(C)=O)C(C)C(C)C1OC(C)=O)OC(=O)CCCCCCC/C=C\C/C=C\C/C=C\CC. The zero-order valence-corrected chi connectivity index (χ0v) is 38.7. The van der Waals surface area contributed by atoms with Crippen LogP contribution in [-0.4, -0.2) is 68.3 Å². The van der Waals surface area contributed by atoms with Crippen LogP contribution in [0.15, 0.2) is 72.9 Å². The predicted octanol–water partition coefficient (Wildman–Crippen LogP) is 12.1. The quantitative estimate of drug-likeness (QED) is 0.0263. The van der Waals surface area contributed by atoms with Crippen molar-refractivity contribution in [3.8, 4) is 0 Å². The van der Waals surface area contributed by atoms with Gasteiger partial charge in [-0.25, -0.2) is 0 Å². The minimum atomic E-state index is -1.02. The molecule has 0 amide bonds. The Labute approximate surface area is 369 Å². The van der Waals surface area contributed by atoms with Crippen LogP contribution in [0.5, 0.6) is 0 Å². The van der Waals surface area contributed by atoms with E-state index in [-0.39, 0.29) is 50.5 Å². The topological polar surface area (TPSA) is 124 Å². The highest BCUT2D eigenvalue weighted by molar-refractivity contribution is 5.70. The lowest BCUT2D eigenvalue weighted by molar-refractivity contribution is -0.285. The number of hydrogen-bond acceptors (Lipinski definition) is 10. The monoisotopic (exact) mass is 855 g/mol. The third-order valence-corrected chi connectivity index (χ3v) is 10.5. The second-order valence-corrected chi connectivity index (χ2v) is 16.0. The summed E-state index contributed by atoms with van der Waals surface area (Å²) < 4.78 is 34.6. The van der Waals surface area contributed by atoms with Gasteiger partial charge < -0.3 is 28.4 Å². The van der Waals surface area contributed by atoms with Crippen molar-refractivity contribution in [2.24, 2.45) is 11.8 Å². The number of unbranched alkanes of at least 4 members (excludes halogenated alkanes) is 10. The molecule has 0 aromatic rings. The molecular formula is C51H82O10. The summed E-state index contributed by atoms with van der Waals surface area (Å²) in [5, 5.41) is 0. The fraction of sp³-hybridized carbons (Fsp3) is 0.686. The summed E-state index contributed by atoms with van der Waals surface area (Å²) in [6.07, 6.45) is 41.7. The van der Waals surface area contributed by atoms with Crippen LogP contribution in [0.3, 0.4) is 0 Å². The maximum atomic E-state index is 13.0. The highest BCUT2D eigenvalue weighted by Gasteiger charge is 2.45. The second-order valence-electron chi connectivity index (χ2n) is 16.0. The van der Waals surface area contributed by atoms with Crippen molar-refractivity contribution in [3.05, 3.63) is 72.9 Å². The summed E-state index contributed by atoms with van der Waals surface area (Å²) in [5.74, 6) is -1.99. The Morgan fingerprint density at radius 1 is 0.541 bits per heavy atom. The van der Waals surface area contributed by atoms with Crippen LogP contribution < -0.4 is 0 Å². The van der Waals surface area contributed by atoms with Crippen LogP contribution in [0.4, 0.5) is 0 Å². The Hall–Kier alpha value is -3.76. The summed E-state index contributed by atoms with van der Waals surface area (Å²) in [6, 6.07) is 0. The summed E-state index contributed by atoms with van der Waals surface area (Å²) in [7, 11) is 0. The van der Waals surface area contributed by atoms with Gasteiger partial charge in [0.2, 0.25) is 0 Å². The first kappa shape index (κ1) is 55.3. The summed E-state index contributed by atoms with van der Waals surface area (Å²) in [6.45, 7) is 10.5. The highest BCUT2D eigenvalue weighted by Crippen LogP contribution is 2.34. The van der Waals surface area contributed by atoms with Gasteiger partial charge in [-0.1, -0.05) is 139 Å². The molecule has 0 saturated carbocycles. The van der Waals surface area contributed by atoms with Gasteiger partial charge in [0.15, 0.2) is 18.5 Å². The molecule has 10 nitrogen and oxygen atoms in total. The fourth-order valence-electron chi connectivity index (χ4n) is 6.74. The Balaban J connectivity index is 2.62. The Morgan fingerprint density at radius 2 is 1.02 bits per heavy atom. The summed E-state index contributed by atoms with van der Waals surface area (Å²) >= 11 is 0. The van der Waals surface area contributed by atoms with E-state index in [9.17, 15) is 19.2 Å². The zero-order chi connectivity index (χ0) is 44.8. The van der Waals surface area contributed by atoms with E-state index in [1.165, 1.54) is 13.8 Å². The third kappa shape index (κ3) is 30.8. The molecule has 5 unspecified atom stereocenters. The molecular weight excluding hydrogens is 773 g/mol. The number of esters is 4. The standard InChI is InChI=1S/C51H82O10/c1-7-9-11-13-15-17-19-21-23-25-27-29-31-33-35-37-48(54)57-39-46(40-58-51-50(59-45(6)53)43(4)42(3)47(61-51)41-56-44(5)52)60-49(55)38-36-34-32-30-28-26-24-22-20-18-16-14-12-10-8-2/h9-12,15-18,21-24,42-43,46-47,50-51H,7-8,13-14,19-20,25-41H2,1-6H3/b11-9-,12-10-,17-15-,18-16-,23-21-,24-22-/t42?,43?,46-,47?,50?,51?/m1/s1. The van der Waals surface area contributed by atoms with Crippen molar-refractivity contribution in [3.63, 3.8) is 0 Å². The molecule has 0 bridgehead atoms. The lowest BCUT2D eigenvalue weighted by Gasteiger charge is -2.43. The number of hydrogen-bond donors (Lipinski definition) is 0. The number of carbonyl (C=O) groups excluding carboxylic acids is 4. The van der Waals surface area contributed by atoms with Crippen LogP contribution in [0.2, 0.25) is 0 Å². The molecule has 6 atom stereocenters. The number of rotatable bonds is 35. The highest BCUT2D eigenvalue weighted by atomic mass is 16.7. The number of ether oxygens (including phenoxy) is 6. The van der Waals surface area contributed by atoms with Gasteiger partial charge in [-0.15, -0.1) is 0 Å². The van der Waals surface area contributed by atoms with Gasteiger partial charge in [0.25, 0.3) is 0 Å². The minimum Gasteiger partial charge on any atom is -0.463 e. The first-order valence-corrected chi connectivity index (χ1v) is 23.4. The molecule has 61 heavy (non-hydrogen) atoms. The molecule has 0 aliphatic carbocycles. The largest absolute Gasteiger partial charge is 0.463 e. The Bertz CT molecular complexity index is 1340. The van der Waals surface area contributed by atoms with Gasteiger partial charge in [0.05, 0.1) is 12.7 Å². The molecule has 0 aromatic carbocycles. The molecule has 0 radical (unpaired) electrons. The van der Waals surface area contributed by atoms with Crippen LogP contribution in [0.25, 0.3) is 0 Å². The molecule has 0 spiro atoms. The van der Waals surface area contributed by atoms with Gasteiger partial charge >= 0.3 is 23.9 Å². The molecule has 1 rings (SSSR count). The molecule has 1 saturated heterocycles. The van der Waals surface area contributed by atoms with E-state index in [2.05, 4.69) is 86.8 Å². The zero-order valence-electron chi connectivity index (χ0n) is 38.7. The van der Waals surface area contributed by atoms with E-state index < -0.39 is 42.5 Å². The average Bonchev–Trinajstić information content (AvgIpc) is 3.23. The molecule has 1 aliphatic heterocycles. The van der Waals surface area contributed by atoms with Gasteiger partial charge in [0.1, 0.15) is 13.2 Å². The van der Waals surface area contributed by atoms with E-state index in [1.54, 1.807) is 0 Å². The predicted molar refractivity (Wildman–Crippen MR) is 244 cm³/mol. The van der Waals surface area contributed by atoms with E-state index in [0.29, 0.717) is 6.42 Å². The molecule has 0 aromatic heterocycles. The number of carbonyl (C=O) groups is 4. The lowest BCUT2D eigenvalue weighted by Crippen LogP contribution is -2.54. The molecule has 10 heteroatoms. The third-order valence-electron chi connectivity index (χ3n) is 10.5. The smallest absolute Gasteiger partial charge is 0.306 e. The van der Waals surface area contributed by atoms with E-state index in [4.69, 9.17) is 28.4 Å². The Morgan fingerprint density at radius 3 is 1.52 bits per heavy atom.